The zero-order chi connectivity index (χ0) is 8.81. The Morgan fingerprint density at radius 1 is 1.58 bits per heavy atom. The molecule has 0 N–H and O–H groups in total. The maximum atomic E-state index is 5.38. The standard InChI is InChI=1S/C10H15NO/c1-3-11-8-10-5-4-9(2)12-7-6-10/h3-4,8H,5-7H2,1-2H3/b10-8+,11-3-. The van der Waals surface area contributed by atoms with Gasteiger partial charge in [-0.05, 0) is 31.9 Å². The minimum absolute atomic E-state index is 0.785. The van der Waals surface area contributed by atoms with Crippen LogP contribution in [0, 0.1) is 0 Å². The lowest BCUT2D eigenvalue weighted by molar-refractivity contribution is 0.221. The second-order valence-electron chi connectivity index (χ2n) is 2.81. The van der Waals surface area contributed by atoms with E-state index in [1.165, 1.54) is 5.57 Å². The van der Waals surface area contributed by atoms with Crippen LogP contribution in [0.4, 0.5) is 0 Å². The fraction of sp³-hybridized carbons (Fsp3) is 0.500. The van der Waals surface area contributed by atoms with Crippen molar-refractivity contribution in [1.29, 1.82) is 0 Å². The highest BCUT2D eigenvalue weighted by atomic mass is 16.5. The van der Waals surface area contributed by atoms with E-state index in [0.717, 1.165) is 25.2 Å². The molecule has 0 saturated heterocycles. The fourth-order valence-corrected chi connectivity index (χ4v) is 1.08. The number of allylic oxidation sites excluding steroid dienone is 2. The Morgan fingerprint density at radius 3 is 3.17 bits per heavy atom. The highest BCUT2D eigenvalue weighted by molar-refractivity contribution is 5.54. The van der Waals surface area contributed by atoms with Crippen LogP contribution in [-0.4, -0.2) is 12.8 Å². The second kappa shape index (κ2) is 4.75. The predicted octanol–water partition coefficient (Wildman–Crippen LogP) is 2.68. The number of aliphatic imine (C=N–C) groups is 1. The lowest BCUT2D eigenvalue weighted by atomic mass is 10.1. The van der Waals surface area contributed by atoms with Gasteiger partial charge in [-0.2, -0.15) is 0 Å². The monoisotopic (exact) mass is 165 g/mol. The first-order valence-electron chi connectivity index (χ1n) is 4.28. The average molecular weight is 165 g/mol. The van der Waals surface area contributed by atoms with E-state index in [1.54, 1.807) is 6.21 Å². The molecule has 66 valence electrons. The number of hydrogen-bond donors (Lipinski definition) is 0. The summed E-state index contributed by atoms with van der Waals surface area (Å²) in [5.74, 6) is 1.03. The van der Waals surface area contributed by atoms with E-state index in [4.69, 9.17) is 4.74 Å². The van der Waals surface area contributed by atoms with Crippen LogP contribution >= 0.6 is 0 Å². The third-order valence-electron chi connectivity index (χ3n) is 1.81. The number of nitrogens with zero attached hydrogens (tertiary/aromatic N) is 1. The Hall–Kier alpha value is -1.05. The number of hydrogen-bond acceptors (Lipinski definition) is 2. The van der Waals surface area contributed by atoms with Gasteiger partial charge in [-0.1, -0.05) is 0 Å². The topological polar surface area (TPSA) is 21.6 Å². The van der Waals surface area contributed by atoms with E-state index >= 15 is 0 Å². The Kier molecular flexibility index (Phi) is 3.58. The summed E-state index contributed by atoms with van der Waals surface area (Å²) in [5.41, 5.74) is 1.34. The zero-order valence-corrected chi connectivity index (χ0v) is 7.71. The Morgan fingerprint density at radius 2 is 2.42 bits per heavy atom. The van der Waals surface area contributed by atoms with Crippen molar-refractivity contribution in [2.45, 2.75) is 26.7 Å². The molecule has 0 aromatic rings. The molecule has 0 atom stereocenters. The number of rotatable bonds is 1. The van der Waals surface area contributed by atoms with Crippen LogP contribution in [-0.2, 0) is 4.74 Å². The van der Waals surface area contributed by atoms with Crippen molar-refractivity contribution < 1.29 is 4.74 Å². The fourth-order valence-electron chi connectivity index (χ4n) is 1.08. The lowest BCUT2D eigenvalue weighted by Gasteiger charge is -2.00. The molecule has 2 heteroatoms. The smallest absolute Gasteiger partial charge is 0.0914 e. The molecule has 0 spiro atoms. The van der Waals surface area contributed by atoms with Gasteiger partial charge in [0.25, 0.3) is 0 Å². The van der Waals surface area contributed by atoms with Gasteiger partial charge in [0.15, 0.2) is 0 Å². The summed E-state index contributed by atoms with van der Waals surface area (Å²) in [6, 6.07) is 0. The molecular formula is C10H15NO. The van der Waals surface area contributed by atoms with Gasteiger partial charge in [-0.25, -0.2) is 0 Å². The van der Waals surface area contributed by atoms with Gasteiger partial charge in [0, 0.05) is 18.8 Å². The predicted molar refractivity (Wildman–Crippen MR) is 51.2 cm³/mol. The molecule has 0 unspecified atom stereocenters. The van der Waals surface area contributed by atoms with E-state index in [2.05, 4.69) is 11.1 Å². The minimum atomic E-state index is 0.785. The molecule has 1 rings (SSSR count). The molecule has 1 aliphatic rings. The summed E-state index contributed by atoms with van der Waals surface area (Å²) >= 11 is 0. The minimum Gasteiger partial charge on any atom is -0.498 e. The maximum absolute atomic E-state index is 5.38. The van der Waals surface area contributed by atoms with Gasteiger partial charge in [-0.15, -0.1) is 0 Å². The van der Waals surface area contributed by atoms with Crippen LogP contribution in [0.5, 0.6) is 0 Å². The molecule has 0 aliphatic carbocycles. The first kappa shape index (κ1) is 9.04. The third kappa shape index (κ3) is 2.91. The van der Waals surface area contributed by atoms with Crippen molar-refractivity contribution in [3.05, 3.63) is 23.6 Å². The summed E-state index contributed by atoms with van der Waals surface area (Å²) in [6.07, 6.45) is 7.80. The molecular weight excluding hydrogens is 150 g/mol. The zero-order valence-electron chi connectivity index (χ0n) is 7.71. The van der Waals surface area contributed by atoms with Crippen molar-refractivity contribution in [3.63, 3.8) is 0 Å². The molecule has 1 heterocycles. The van der Waals surface area contributed by atoms with E-state index < -0.39 is 0 Å². The molecule has 0 aromatic carbocycles. The van der Waals surface area contributed by atoms with Crippen molar-refractivity contribution in [2.75, 3.05) is 6.61 Å². The summed E-state index contributed by atoms with van der Waals surface area (Å²) in [7, 11) is 0. The van der Waals surface area contributed by atoms with E-state index in [0.29, 0.717) is 0 Å². The Balaban J connectivity index is 2.57. The van der Waals surface area contributed by atoms with Gasteiger partial charge in [-0.3, -0.25) is 4.99 Å². The van der Waals surface area contributed by atoms with Crippen LogP contribution < -0.4 is 0 Å². The van der Waals surface area contributed by atoms with Gasteiger partial charge in [0.1, 0.15) is 0 Å². The summed E-state index contributed by atoms with van der Waals surface area (Å²) in [5, 5.41) is 0. The molecule has 0 aromatic heterocycles. The summed E-state index contributed by atoms with van der Waals surface area (Å²) in [6.45, 7) is 4.70. The van der Waals surface area contributed by atoms with E-state index in [1.807, 2.05) is 20.0 Å². The van der Waals surface area contributed by atoms with Crippen molar-refractivity contribution in [3.8, 4) is 0 Å². The van der Waals surface area contributed by atoms with Gasteiger partial charge < -0.3 is 4.74 Å². The van der Waals surface area contributed by atoms with Crippen molar-refractivity contribution >= 4 is 6.21 Å². The largest absolute Gasteiger partial charge is 0.498 e. The van der Waals surface area contributed by atoms with Crippen LogP contribution in [0.3, 0.4) is 0 Å². The first-order valence-corrected chi connectivity index (χ1v) is 4.28. The van der Waals surface area contributed by atoms with Crippen LogP contribution in [0.2, 0.25) is 0 Å². The molecule has 1 aliphatic heterocycles. The normalized spacial score (nSPS) is 22.2. The highest BCUT2D eigenvalue weighted by Gasteiger charge is 2.02. The molecule has 12 heavy (non-hydrogen) atoms. The molecule has 2 nitrogen and oxygen atoms in total. The van der Waals surface area contributed by atoms with Crippen molar-refractivity contribution in [2.24, 2.45) is 4.99 Å². The Bertz CT molecular complexity index is 226. The average Bonchev–Trinajstić information content (AvgIpc) is 2.27. The van der Waals surface area contributed by atoms with E-state index in [-0.39, 0.29) is 0 Å². The van der Waals surface area contributed by atoms with Crippen LogP contribution in [0.15, 0.2) is 28.6 Å². The highest BCUT2D eigenvalue weighted by Crippen LogP contribution is 2.15. The quantitative estimate of drug-likeness (QED) is 0.547. The van der Waals surface area contributed by atoms with Crippen LogP contribution in [0.1, 0.15) is 26.7 Å². The molecule has 0 saturated carbocycles. The Labute approximate surface area is 73.6 Å². The first-order chi connectivity index (χ1) is 5.83. The lowest BCUT2D eigenvalue weighted by Crippen LogP contribution is -1.89. The van der Waals surface area contributed by atoms with Crippen molar-refractivity contribution in [1.82, 2.24) is 0 Å². The third-order valence-corrected chi connectivity index (χ3v) is 1.81. The van der Waals surface area contributed by atoms with Gasteiger partial charge >= 0.3 is 0 Å². The van der Waals surface area contributed by atoms with Gasteiger partial charge in [0.2, 0.25) is 0 Å². The molecule has 0 amide bonds. The maximum Gasteiger partial charge on any atom is 0.0914 e. The molecule has 0 radical (unpaired) electrons. The molecule has 0 bridgehead atoms. The van der Waals surface area contributed by atoms with E-state index in [9.17, 15) is 0 Å². The SMILES string of the molecule is C/C=N\C=C1/CC=C(C)OCC1. The van der Waals surface area contributed by atoms with Gasteiger partial charge in [0.05, 0.1) is 12.4 Å². The second-order valence-corrected chi connectivity index (χ2v) is 2.81. The summed E-state index contributed by atoms with van der Waals surface area (Å²) < 4.78 is 5.38. The number of ether oxygens (including phenoxy) is 1. The summed E-state index contributed by atoms with van der Waals surface area (Å²) in [4.78, 5) is 4.09. The molecule has 0 fully saturated rings. The van der Waals surface area contributed by atoms with Crippen LogP contribution in [0.25, 0.3) is 0 Å².